The molecule has 5 heterocycles. The first-order valence-electron chi connectivity index (χ1n) is 19.0. The van der Waals surface area contributed by atoms with Crippen LogP contribution in [-0.4, -0.2) is 87.2 Å². The van der Waals surface area contributed by atoms with E-state index in [0.29, 0.717) is 55.7 Å². The van der Waals surface area contributed by atoms with E-state index in [0.717, 1.165) is 18.4 Å². The summed E-state index contributed by atoms with van der Waals surface area (Å²) in [5, 5.41) is 17.2. The zero-order valence-corrected chi connectivity index (χ0v) is 34.1. The number of benzene rings is 2. The smallest absolute Gasteiger partial charge is 0.354 e. The Kier molecular flexibility index (Phi) is 9.96. The number of alkyl halides is 5. The van der Waals surface area contributed by atoms with Gasteiger partial charge in [-0.2, -0.15) is 32.1 Å². The molecule has 2 amide bonds. The van der Waals surface area contributed by atoms with Crippen molar-refractivity contribution in [3.63, 3.8) is 0 Å². The van der Waals surface area contributed by atoms with Gasteiger partial charge in [-0.25, -0.2) is 27.2 Å². The van der Waals surface area contributed by atoms with Crippen LogP contribution in [0.2, 0.25) is 0 Å². The van der Waals surface area contributed by atoms with Crippen LogP contribution in [0.4, 0.5) is 41.7 Å². The van der Waals surface area contributed by atoms with Gasteiger partial charge in [-0.1, -0.05) is 23.5 Å². The van der Waals surface area contributed by atoms with Crippen LogP contribution in [0.15, 0.2) is 42.5 Å². The molecule has 4 aromatic heterocycles. The lowest BCUT2D eigenvalue weighted by atomic mass is 9.94. The Morgan fingerprint density at radius 2 is 1.84 bits per heavy atom. The quantitative estimate of drug-likeness (QED) is 0.119. The molecule has 4 N–H and O–H groups in total. The van der Waals surface area contributed by atoms with Gasteiger partial charge in [0.2, 0.25) is 21.8 Å². The molecule has 24 heteroatoms. The van der Waals surface area contributed by atoms with E-state index >= 15 is 8.78 Å². The minimum Gasteiger partial charge on any atom is -0.354 e. The van der Waals surface area contributed by atoms with Gasteiger partial charge < -0.3 is 16.0 Å². The predicted molar refractivity (Wildman–Crippen MR) is 212 cm³/mol. The van der Waals surface area contributed by atoms with E-state index in [4.69, 9.17) is 4.98 Å². The van der Waals surface area contributed by atoms with Gasteiger partial charge in [0, 0.05) is 54.2 Å². The van der Waals surface area contributed by atoms with Crippen LogP contribution in [0.25, 0.3) is 32.4 Å². The molecular weight excluding hydrogens is 872 g/mol. The lowest BCUT2D eigenvalue weighted by molar-refractivity contribution is -0.142. The van der Waals surface area contributed by atoms with Crippen LogP contribution in [0, 0.1) is 17.6 Å². The number of anilines is 2. The zero-order chi connectivity index (χ0) is 44.0. The number of para-hydroxylation sites is 1. The third kappa shape index (κ3) is 7.78. The number of fused-ring (bicyclic) bond motifs is 5. The lowest BCUT2D eigenvalue weighted by Gasteiger charge is -2.26. The largest absolute Gasteiger partial charge is 0.435 e. The van der Waals surface area contributed by atoms with Crippen LogP contribution < -0.4 is 20.7 Å². The van der Waals surface area contributed by atoms with Crippen molar-refractivity contribution < 1.29 is 48.7 Å². The van der Waals surface area contributed by atoms with Crippen LogP contribution in [-0.2, 0) is 51.7 Å². The number of amides is 2. The Balaban J connectivity index is 1.17. The van der Waals surface area contributed by atoms with Crippen molar-refractivity contribution in [1.29, 1.82) is 0 Å². The fourth-order valence-corrected chi connectivity index (χ4v) is 9.73. The molecular formula is C38H34F7N11O4S2. The van der Waals surface area contributed by atoms with Crippen molar-refractivity contribution in [2.45, 2.75) is 43.4 Å². The van der Waals surface area contributed by atoms with Gasteiger partial charge in [-0.05, 0) is 48.6 Å². The minimum atomic E-state index is -5.08. The van der Waals surface area contributed by atoms with E-state index in [2.05, 4.69) is 35.9 Å². The maximum Gasteiger partial charge on any atom is 0.435 e. The molecule has 0 bridgehead atoms. The molecule has 3 aliphatic rings. The number of carbonyl (C=O) groups is 2. The van der Waals surface area contributed by atoms with E-state index < -0.39 is 81.0 Å². The molecule has 62 heavy (non-hydrogen) atoms. The molecule has 0 spiro atoms. The Labute approximate surface area is 350 Å². The zero-order valence-electron chi connectivity index (χ0n) is 32.4. The molecule has 15 nitrogen and oxygen atoms in total. The van der Waals surface area contributed by atoms with E-state index in [-0.39, 0.29) is 54.7 Å². The van der Waals surface area contributed by atoms with Gasteiger partial charge in [-0.3, -0.25) is 28.6 Å². The second kappa shape index (κ2) is 14.9. The number of rotatable bonds is 12. The number of aryl methyl sites for hydroxylation is 1. The first-order chi connectivity index (χ1) is 29.2. The molecule has 2 aliphatic carbocycles. The minimum absolute atomic E-state index is 0.00221. The molecule has 2 fully saturated rings. The number of carbonyl (C=O) groups excluding carboxylic acids is 2. The highest BCUT2D eigenvalue weighted by molar-refractivity contribution is 7.92. The maximum atomic E-state index is 15.5. The van der Waals surface area contributed by atoms with Crippen LogP contribution in [0.5, 0.6) is 0 Å². The summed E-state index contributed by atoms with van der Waals surface area (Å²) in [6.45, 7) is 0.342. The summed E-state index contributed by atoms with van der Waals surface area (Å²) in [5.74, 6) is -9.20. The summed E-state index contributed by atoms with van der Waals surface area (Å²) in [5.41, 5.74) is -1.81. The van der Waals surface area contributed by atoms with Gasteiger partial charge in [0.1, 0.15) is 23.9 Å². The monoisotopic (exact) mass is 905 g/mol. The molecule has 3 atom stereocenters. The fraction of sp³-hybridized carbons (Fsp3) is 0.368. The predicted octanol–water partition coefficient (Wildman–Crippen LogP) is 5.22. The number of nitrogens with one attached hydrogen (secondary N) is 4. The highest BCUT2D eigenvalue weighted by Gasteiger charge is 2.68. The van der Waals surface area contributed by atoms with Gasteiger partial charge in [0.25, 0.3) is 5.92 Å². The summed E-state index contributed by atoms with van der Waals surface area (Å²) in [6.07, 6.45) is -4.64. The van der Waals surface area contributed by atoms with E-state index in [1.54, 1.807) is 31.3 Å². The highest BCUT2D eigenvalue weighted by Crippen LogP contribution is 2.68. The van der Waals surface area contributed by atoms with Gasteiger partial charge in [0.15, 0.2) is 22.3 Å². The highest BCUT2D eigenvalue weighted by atomic mass is 32.2. The molecule has 9 rings (SSSR count). The maximum absolute atomic E-state index is 15.5. The Hall–Kier alpha value is -5.88. The SMILES string of the molecule is Cn1nc(NS(C)(=O)=O)c2cccc(-c3cc4sc(NCN5CCNC(=O)C5)nc4nc3[C@H](Cc3cc(F)cc(F)c3)NC(=O)Cn3nc(C(F)(F)F)c4c3C(F)(F)[C@@H]3C[C@H]43)c21. The van der Waals surface area contributed by atoms with Crippen molar-refractivity contribution in [2.24, 2.45) is 13.0 Å². The topological polar surface area (TPSA) is 181 Å². The van der Waals surface area contributed by atoms with E-state index in [9.17, 15) is 40.0 Å². The number of pyridine rings is 1. The molecule has 1 aliphatic heterocycles. The number of hydrogen-bond acceptors (Lipinski definition) is 11. The van der Waals surface area contributed by atoms with Crippen molar-refractivity contribution in [2.75, 3.05) is 42.6 Å². The van der Waals surface area contributed by atoms with Crippen LogP contribution in [0.3, 0.4) is 0 Å². The number of halogens is 7. The summed E-state index contributed by atoms with van der Waals surface area (Å²) in [7, 11) is -2.24. The van der Waals surface area contributed by atoms with E-state index in [1.165, 1.54) is 16.0 Å². The number of nitrogens with zero attached hydrogens (tertiary/aromatic N) is 7. The van der Waals surface area contributed by atoms with Crippen molar-refractivity contribution >= 4 is 65.4 Å². The number of piperazine rings is 1. The van der Waals surface area contributed by atoms with Crippen molar-refractivity contribution in [3.8, 4) is 11.1 Å². The third-order valence-electron chi connectivity index (χ3n) is 10.9. The van der Waals surface area contributed by atoms with Crippen molar-refractivity contribution in [1.82, 2.24) is 45.1 Å². The normalized spacial score (nSPS) is 19.0. The van der Waals surface area contributed by atoms with Gasteiger partial charge >= 0.3 is 6.18 Å². The summed E-state index contributed by atoms with van der Waals surface area (Å²) < 4.78 is 132. The first kappa shape index (κ1) is 41.5. The number of aromatic nitrogens is 6. The standard InChI is InChI=1S/C38H34F7N11O4S2/c1-54-31-20(4-3-5-21(31)34(52-54)53-62(2,59)60)22-13-26-35(50-36(61-26)47-16-55-7-6-46-27(57)14-55)49-30(22)25(10-17-8-18(39)11-19(40)9-17)48-28(58)15-56-33-29(32(51-56)38(43,44)45)23-12-24(23)37(33,41)42/h3-5,8-9,11,13,23-25H,6-7,10,12,14-16H2,1-2H3,(H,46,57)(H,48,58)(H,52,53)(H,47,49,50)/t23-,24+,25-/m0/s1. The van der Waals surface area contributed by atoms with Crippen molar-refractivity contribution in [3.05, 3.63) is 82.3 Å². The number of thiazole rings is 1. The third-order valence-corrected chi connectivity index (χ3v) is 12.5. The van der Waals surface area contributed by atoms with Gasteiger partial charge in [-0.15, -0.1) is 0 Å². The fourth-order valence-electron chi connectivity index (χ4n) is 8.39. The summed E-state index contributed by atoms with van der Waals surface area (Å²) in [6, 6.07) is 7.90. The summed E-state index contributed by atoms with van der Waals surface area (Å²) in [4.78, 5) is 37.4. The number of sulfonamides is 1. The molecule has 326 valence electrons. The van der Waals surface area contributed by atoms with Crippen LogP contribution in [0.1, 0.15) is 46.6 Å². The molecule has 6 aromatic rings. The average molecular weight is 906 g/mol. The van der Waals surface area contributed by atoms with Gasteiger partial charge in [0.05, 0.1) is 41.4 Å². The molecule has 1 saturated carbocycles. The van der Waals surface area contributed by atoms with Crippen LogP contribution >= 0.6 is 11.3 Å². The van der Waals surface area contributed by atoms with E-state index in [1.807, 2.05) is 4.90 Å². The number of hydrogen-bond donors (Lipinski definition) is 4. The first-order valence-corrected chi connectivity index (χ1v) is 21.7. The Morgan fingerprint density at radius 3 is 2.55 bits per heavy atom. The molecule has 2 aromatic carbocycles. The second-order valence-corrected chi connectivity index (χ2v) is 18.3. The average Bonchev–Trinajstić information content (AvgIpc) is 3.45. The molecule has 1 saturated heterocycles. The molecule has 0 unspecified atom stereocenters. The summed E-state index contributed by atoms with van der Waals surface area (Å²) >= 11 is 1.19. The Bertz CT molecular complexity index is 2910. The molecule has 0 radical (unpaired) electrons. The lowest BCUT2D eigenvalue weighted by Crippen LogP contribution is -2.49. The Morgan fingerprint density at radius 1 is 1.08 bits per heavy atom. The second-order valence-electron chi connectivity index (χ2n) is 15.5.